The third kappa shape index (κ3) is 4.19. The number of carbonyl (C=O) groups excluding carboxylic acids is 1. The van der Waals surface area contributed by atoms with Crippen LogP contribution in [-0.2, 0) is 4.79 Å². The van der Waals surface area contributed by atoms with Gasteiger partial charge >= 0.3 is 0 Å². The van der Waals surface area contributed by atoms with E-state index in [1.807, 2.05) is 50.4 Å². The minimum Gasteiger partial charge on any atom is -0.335 e. The van der Waals surface area contributed by atoms with Gasteiger partial charge in [-0.25, -0.2) is 4.68 Å². The van der Waals surface area contributed by atoms with E-state index in [-0.39, 0.29) is 5.91 Å². The summed E-state index contributed by atoms with van der Waals surface area (Å²) in [4.78, 5) is 13.9. The van der Waals surface area contributed by atoms with Crippen molar-refractivity contribution in [3.05, 3.63) is 66.5 Å². The van der Waals surface area contributed by atoms with Crippen molar-refractivity contribution >= 4 is 12.0 Å². The van der Waals surface area contributed by atoms with Crippen LogP contribution in [0.15, 0.2) is 61.0 Å². The molecule has 2 aromatic rings. The lowest BCUT2D eigenvalue weighted by Gasteiger charge is -2.18. The lowest BCUT2D eigenvalue weighted by atomic mass is 10.2. The Morgan fingerprint density at radius 1 is 1.36 bits per heavy atom. The number of benzene rings is 1. The van der Waals surface area contributed by atoms with Gasteiger partial charge in [0.2, 0.25) is 5.91 Å². The molecule has 0 saturated carbocycles. The highest BCUT2D eigenvalue weighted by molar-refractivity contribution is 5.91. The Hall–Kier alpha value is -2.62. The molecule has 1 aromatic heterocycles. The smallest absolute Gasteiger partial charge is 0.246 e. The van der Waals surface area contributed by atoms with E-state index in [0.29, 0.717) is 13.1 Å². The van der Waals surface area contributed by atoms with E-state index >= 15 is 0 Å². The Morgan fingerprint density at radius 2 is 2.09 bits per heavy atom. The Bertz CT molecular complexity index is 671. The maximum Gasteiger partial charge on any atom is 0.246 e. The molecule has 0 aliphatic carbocycles. The van der Waals surface area contributed by atoms with Gasteiger partial charge in [0.05, 0.1) is 11.9 Å². The number of likely N-dealkylation sites (N-methyl/N-ethyl adjacent to an activating group) is 1. The summed E-state index contributed by atoms with van der Waals surface area (Å²) in [7, 11) is 0. The molecule has 0 aliphatic rings. The maximum absolute atomic E-state index is 12.1. The first kappa shape index (κ1) is 15.8. The van der Waals surface area contributed by atoms with Crippen LogP contribution in [0.3, 0.4) is 0 Å². The molecule has 0 saturated heterocycles. The van der Waals surface area contributed by atoms with Gasteiger partial charge in [0, 0.05) is 30.9 Å². The molecule has 1 aromatic carbocycles. The van der Waals surface area contributed by atoms with Crippen LogP contribution in [0.1, 0.15) is 19.4 Å². The van der Waals surface area contributed by atoms with E-state index in [0.717, 1.165) is 16.8 Å². The zero-order valence-electron chi connectivity index (χ0n) is 13.1. The van der Waals surface area contributed by atoms with Gasteiger partial charge in [0.1, 0.15) is 0 Å². The van der Waals surface area contributed by atoms with Crippen molar-refractivity contribution in [2.45, 2.75) is 13.8 Å². The Labute approximate surface area is 131 Å². The molecular weight excluding hydrogens is 274 g/mol. The van der Waals surface area contributed by atoms with E-state index in [1.165, 1.54) is 0 Å². The summed E-state index contributed by atoms with van der Waals surface area (Å²) in [5.74, 6) is -0.0158. The molecule has 0 spiro atoms. The molecule has 0 fully saturated rings. The van der Waals surface area contributed by atoms with Crippen LogP contribution in [0.2, 0.25) is 0 Å². The second-order valence-electron chi connectivity index (χ2n) is 5.20. The summed E-state index contributed by atoms with van der Waals surface area (Å²) >= 11 is 0. The van der Waals surface area contributed by atoms with Crippen LogP contribution >= 0.6 is 0 Å². The molecule has 22 heavy (non-hydrogen) atoms. The van der Waals surface area contributed by atoms with Gasteiger partial charge in [0.15, 0.2) is 0 Å². The highest BCUT2D eigenvalue weighted by atomic mass is 16.2. The minimum atomic E-state index is -0.0158. The fraction of sp³-hybridized carbons (Fsp3) is 0.222. The first-order valence-electron chi connectivity index (χ1n) is 7.31. The van der Waals surface area contributed by atoms with Crippen LogP contribution in [0.5, 0.6) is 0 Å². The van der Waals surface area contributed by atoms with Crippen LogP contribution in [0, 0.1) is 0 Å². The van der Waals surface area contributed by atoms with Crippen molar-refractivity contribution in [3.63, 3.8) is 0 Å². The summed E-state index contributed by atoms with van der Waals surface area (Å²) in [5, 5.41) is 4.30. The van der Waals surface area contributed by atoms with E-state index in [2.05, 4.69) is 11.7 Å². The van der Waals surface area contributed by atoms with Gasteiger partial charge in [-0.15, -0.1) is 0 Å². The molecule has 0 radical (unpaired) electrons. The number of amides is 1. The van der Waals surface area contributed by atoms with Crippen LogP contribution in [-0.4, -0.2) is 33.7 Å². The summed E-state index contributed by atoms with van der Waals surface area (Å²) in [5.41, 5.74) is 2.86. The fourth-order valence-electron chi connectivity index (χ4n) is 2.09. The molecule has 4 heteroatoms. The number of carbonyl (C=O) groups is 1. The third-order valence-electron chi connectivity index (χ3n) is 3.20. The van der Waals surface area contributed by atoms with E-state index in [9.17, 15) is 4.79 Å². The zero-order chi connectivity index (χ0) is 15.9. The van der Waals surface area contributed by atoms with Crippen molar-refractivity contribution in [2.24, 2.45) is 0 Å². The molecule has 2 rings (SSSR count). The number of nitrogens with zero attached hydrogens (tertiary/aromatic N) is 3. The molecule has 0 N–H and O–H groups in total. The number of hydrogen-bond acceptors (Lipinski definition) is 2. The van der Waals surface area contributed by atoms with Crippen LogP contribution in [0.4, 0.5) is 0 Å². The highest BCUT2D eigenvalue weighted by Gasteiger charge is 2.08. The van der Waals surface area contributed by atoms with E-state index in [4.69, 9.17) is 0 Å². The van der Waals surface area contributed by atoms with E-state index in [1.54, 1.807) is 27.9 Å². The fourth-order valence-corrected chi connectivity index (χ4v) is 2.09. The number of aromatic nitrogens is 2. The molecule has 1 amide bonds. The molecule has 0 bridgehead atoms. The number of para-hydroxylation sites is 1. The SMILES string of the molecule is C=C(C)CN(CC)C(=O)/C=C/c1cnn(-c2ccccc2)c1. The average molecular weight is 295 g/mol. The third-order valence-corrected chi connectivity index (χ3v) is 3.20. The predicted molar refractivity (Wildman–Crippen MR) is 89.7 cm³/mol. The van der Waals surface area contributed by atoms with Gasteiger partial charge in [0.25, 0.3) is 0 Å². The first-order chi connectivity index (χ1) is 10.6. The van der Waals surface area contributed by atoms with E-state index < -0.39 is 0 Å². The lowest BCUT2D eigenvalue weighted by Crippen LogP contribution is -2.30. The largest absolute Gasteiger partial charge is 0.335 e. The lowest BCUT2D eigenvalue weighted by molar-refractivity contribution is -0.125. The molecule has 1 heterocycles. The van der Waals surface area contributed by atoms with Gasteiger partial charge in [-0.3, -0.25) is 4.79 Å². The van der Waals surface area contributed by atoms with Gasteiger partial charge in [-0.2, -0.15) is 5.10 Å². The standard InChI is InChI=1S/C18H21N3O/c1-4-20(13-15(2)3)18(22)11-10-16-12-19-21(14-16)17-8-6-5-7-9-17/h5-12,14H,2,4,13H2,1,3H3/b11-10+. The predicted octanol–water partition coefficient (Wildman–Crippen LogP) is 3.31. The van der Waals surface area contributed by atoms with Crippen molar-refractivity contribution < 1.29 is 4.79 Å². The Kier molecular flexibility index (Phi) is 5.31. The second-order valence-corrected chi connectivity index (χ2v) is 5.20. The average Bonchev–Trinajstić information content (AvgIpc) is 3.00. The molecule has 114 valence electrons. The molecule has 0 aliphatic heterocycles. The highest BCUT2D eigenvalue weighted by Crippen LogP contribution is 2.09. The van der Waals surface area contributed by atoms with Crippen LogP contribution < -0.4 is 0 Å². The number of hydrogen-bond donors (Lipinski definition) is 0. The second kappa shape index (κ2) is 7.41. The van der Waals surface area contributed by atoms with Gasteiger partial charge in [-0.1, -0.05) is 30.4 Å². The zero-order valence-corrected chi connectivity index (χ0v) is 13.1. The van der Waals surface area contributed by atoms with Gasteiger partial charge in [-0.05, 0) is 32.1 Å². The molecule has 4 nitrogen and oxygen atoms in total. The molecule has 0 unspecified atom stereocenters. The van der Waals surface area contributed by atoms with Crippen molar-refractivity contribution in [1.82, 2.24) is 14.7 Å². The Morgan fingerprint density at radius 3 is 2.73 bits per heavy atom. The summed E-state index contributed by atoms with van der Waals surface area (Å²) in [6.45, 7) is 8.98. The monoisotopic (exact) mass is 295 g/mol. The van der Waals surface area contributed by atoms with Crippen LogP contribution in [0.25, 0.3) is 11.8 Å². The van der Waals surface area contributed by atoms with Crippen molar-refractivity contribution in [2.75, 3.05) is 13.1 Å². The summed E-state index contributed by atoms with van der Waals surface area (Å²) in [6, 6.07) is 9.86. The quantitative estimate of drug-likeness (QED) is 0.606. The minimum absolute atomic E-state index is 0.0158. The molecular formula is C18H21N3O. The normalized spacial score (nSPS) is 10.8. The maximum atomic E-state index is 12.1. The van der Waals surface area contributed by atoms with Gasteiger partial charge < -0.3 is 4.90 Å². The first-order valence-corrected chi connectivity index (χ1v) is 7.31. The Balaban J connectivity index is 2.06. The molecule has 0 atom stereocenters. The summed E-state index contributed by atoms with van der Waals surface area (Å²) < 4.78 is 1.79. The summed E-state index contributed by atoms with van der Waals surface area (Å²) in [6.07, 6.45) is 7.01. The van der Waals surface area contributed by atoms with Crippen molar-refractivity contribution in [1.29, 1.82) is 0 Å². The van der Waals surface area contributed by atoms with Crippen molar-refractivity contribution in [3.8, 4) is 5.69 Å². The topological polar surface area (TPSA) is 38.1 Å². The number of rotatable bonds is 6.